The van der Waals surface area contributed by atoms with Gasteiger partial charge in [-0.1, -0.05) is 12.1 Å². The Morgan fingerprint density at radius 1 is 1.47 bits per heavy atom. The number of fused-ring (bicyclic) bond motifs is 1. The molecule has 0 fully saturated rings. The smallest absolute Gasteiger partial charge is 0.305 e. The SMILES string of the molecule is CCOC(=O)CCC(C)Nc1nc2ccccc2o1. The first-order valence-electron chi connectivity index (χ1n) is 6.46. The van der Waals surface area contributed by atoms with E-state index >= 15 is 0 Å². The van der Waals surface area contributed by atoms with Crippen LogP contribution in [0.5, 0.6) is 0 Å². The fraction of sp³-hybridized carbons (Fsp3) is 0.429. The van der Waals surface area contributed by atoms with Crippen LogP contribution in [0.3, 0.4) is 0 Å². The lowest BCUT2D eigenvalue weighted by Crippen LogP contribution is -2.17. The molecule has 0 bridgehead atoms. The van der Waals surface area contributed by atoms with Gasteiger partial charge in [-0.05, 0) is 32.4 Å². The molecule has 0 aliphatic heterocycles. The number of nitrogens with zero attached hydrogens (tertiary/aromatic N) is 1. The molecule has 1 N–H and O–H groups in total. The van der Waals surface area contributed by atoms with Gasteiger partial charge >= 0.3 is 5.97 Å². The predicted octanol–water partition coefficient (Wildman–Crippen LogP) is 2.97. The van der Waals surface area contributed by atoms with Crippen LogP contribution in [0, 0.1) is 0 Å². The average molecular weight is 262 g/mol. The Hall–Kier alpha value is -2.04. The van der Waals surface area contributed by atoms with Crippen LogP contribution in [-0.2, 0) is 9.53 Å². The van der Waals surface area contributed by atoms with Crippen LogP contribution < -0.4 is 5.32 Å². The van der Waals surface area contributed by atoms with Crippen molar-refractivity contribution in [3.8, 4) is 0 Å². The Kier molecular flexibility index (Phi) is 4.39. The fourth-order valence-electron chi connectivity index (χ4n) is 1.78. The number of hydrogen-bond donors (Lipinski definition) is 1. The van der Waals surface area contributed by atoms with E-state index in [0.29, 0.717) is 25.5 Å². The molecule has 1 aromatic carbocycles. The first-order chi connectivity index (χ1) is 9.19. The predicted molar refractivity (Wildman–Crippen MR) is 73.0 cm³/mol. The molecule has 102 valence electrons. The van der Waals surface area contributed by atoms with Gasteiger partial charge in [0.15, 0.2) is 5.58 Å². The second kappa shape index (κ2) is 6.22. The van der Waals surface area contributed by atoms with Gasteiger partial charge in [0.05, 0.1) is 6.61 Å². The largest absolute Gasteiger partial charge is 0.466 e. The Bertz CT molecular complexity index is 517. The number of carbonyl (C=O) groups excluding carboxylic acids is 1. The summed E-state index contributed by atoms with van der Waals surface area (Å²) in [6.45, 7) is 4.21. The van der Waals surface area contributed by atoms with Crippen LogP contribution in [0.2, 0.25) is 0 Å². The molecule has 5 heteroatoms. The van der Waals surface area contributed by atoms with Gasteiger partial charge in [-0.15, -0.1) is 0 Å². The van der Waals surface area contributed by atoms with E-state index in [0.717, 1.165) is 11.1 Å². The second-order valence-electron chi connectivity index (χ2n) is 4.38. The molecule has 0 saturated heterocycles. The number of carbonyl (C=O) groups is 1. The third-order valence-electron chi connectivity index (χ3n) is 2.75. The van der Waals surface area contributed by atoms with Crippen LogP contribution in [0.25, 0.3) is 11.1 Å². The van der Waals surface area contributed by atoms with E-state index in [-0.39, 0.29) is 12.0 Å². The maximum Gasteiger partial charge on any atom is 0.305 e. The minimum atomic E-state index is -0.172. The number of nitrogens with one attached hydrogen (secondary N) is 1. The number of hydrogen-bond acceptors (Lipinski definition) is 5. The highest BCUT2D eigenvalue weighted by atomic mass is 16.5. The van der Waals surface area contributed by atoms with Crippen molar-refractivity contribution in [3.05, 3.63) is 24.3 Å². The third kappa shape index (κ3) is 3.71. The molecule has 1 heterocycles. The first kappa shape index (κ1) is 13.4. The zero-order valence-electron chi connectivity index (χ0n) is 11.2. The fourth-order valence-corrected chi connectivity index (χ4v) is 1.78. The molecule has 1 atom stereocenters. The molecule has 0 amide bonds. The molecular weight excluding hydrogens is 244 g/mol. The summed E-state index contributed by atoms with van der Waals surface area (Å²) in [5.41, 5.74) is 1.57. The minimum Gasteiger partial charge on any atom is -0.466 e. The van der Waals surface area contributed by atoms with Gasteiger partial charge in [-0.2, -0.15) is 4.98 Å². The van der Waals surface area contributed by atoms with Gasteiger partial charge in [-0.25, -0.2) is 0 Å². The minimum absolute atomic E-state index is 0.0949. The van der Waals surface area contributed by atoms with Crippen molar-refractivity contribution in [2.24, 2.45) is 0 Å². The number of esters is 1. The normalized spacial score (nSPS) is 12.3. The van der Waals surface area contributed by atoms with Crippen molar-refractivity contribution in [2.75, 3.05) is 11.9 Å². The molecule has 5 nitrogen and oxygen atoms in total. The van der Waals surface area contributed by atoms with Gasteiger partial charge < -0.3 is 14.5 Å². The summed E-state index contributed by atoms with van der Waals surface area (Å²) < 4.78 is 10.4. The van der Waals surface area contributed by atoms with Crippen molar-refractivity contribution in [2.45, 2.75) is 32.7 Å². The molecular formula is C14H18N2O3. The zero-order chi connectivity index (χ0) is 13.7. The lowest BCUT2D eigenvalue weighted by molar-refractivity contribution is -0.143. The molecule has 1 aromatic heterocycles. The number of anilines is 1. The van der Waals surface area contributed by atoms with E-state index in [2.05, 4.69) is 10.3 Å². The topological polar surface area (TPSA) is 64.4 Å². The van der Waals surface area contributed by atoms with Crippen LogP contribution >= 0.6 is 0 Å². The summed E-state index contributed by atoms with van der Waals surface area (Å²) in [4.78, 5) is 15.6. The van der Waals surface area contributed by atoms with E-state index in [4.69, 9.17) is 9.15 Å². The van der Waals surface area contributed by atoms with Gasteiger partial charge in [-0.3, -0.25) is 4.79 Å². The zero-order valence-corrected chi connectivity index (χ0v) is 11.2. The number of benzene rings is 1. The summed E-state index contributed by atoms with van der Waals surface area (Å²) in [5, 5.41) is 3.14. The van der Waals surface area contributed by atoms with E-state index in [1.165, 1.54) is 0 Å². The molecule has 0 aliphatic carbocycles. The average Bonchev–Trinajstić information content (AvgIpc) is 2.78. The third-order valence-corrected chi connectivity index (χ3v) is 2.75. The summed E-state index contributed by atoms with van der Waals surface area (Å²) >= 11 is 0. The van der Waals surface area contributed by atoms with E-state index in [1.54, 1.807) is 6.92 Å². The first-order valence-corrected chi connectivity index (χ1v) is 6.46. The molecule has 0 radical (unpaired) electrons. The Balaban J connectivity index is 1.88. The Morgan fingerprint density at radius 2 is 2.26 bits per heavy atom. The van der Waals surface area contributed by atoms with Crippen molar-refractivity contribution >= 4 is 23.1 Å². The van der Waals surface area contributed by atoms with Crippen molar-refractivity contribution in [1.29, 1.82) is 0 Å². The maximum atomic E-state index is 11.3. The number of aromatic nitrogens is 1. The molecule has 0 saturated carbocycles. The Morgan fingerprint density at radius 3 is 3.00 bits per heavy atom. The molecule has 19 heavy (non-hydrogen) atoms. The summed E-state index contributed by atoms with van der Waals surface area (Å²) in [7, 11) is 0. The highest BCUT2D eigenvalue weighted by Crippen LogP contribution is 2.19. The second-order valence-corrected chi connectivity index (χ2v) is 4.38. The summed E-state index contributed by atoms with van der Waals surface area (Å²) in [5.74, 6) is -0.172. The molecule has 0 aliphatic rings. The van der Waals surface area contributed by atoms with Crippen LogP contribution in [0.1, 0.15) is 26.7 Å². The van der Waals surface area contributed by atoms with Crippen molar-refractivity contribution in [3.63, 3.8) is 0 Å². The van der Waals surface area contributed by atoms with Crippen molar-refractivity contribution < 1.29 is 13.9 Å². The lowest BCUT2D eigenvalue weighted by atomic mass is 10.2. The van der Waals surface area contributed by atoms with Gasteiger partial charge in [0.25, 0.3) is 6.01 Å². The van der Waals surface area contributed by atoms with Crippen molar-refractivity contribution in [1.82, 2.24) is 4.98 Å². The number of rotatable bonds is 6. The number of para-hydroxylation sites is 2. The van der Waals surface area contributed by atoms with Gasteiger partial charge in [0.1, 0.15) is 5.52 Å². The highest BCUT2D eigenvalue weighted by molar-refractivity contribution is 5.74. The monoisotopic (exact) mass is 262 g/mol. The summed E-state index contributed by atoms with van der Waals surface area (Å²) in [6, 6.07) is 8.17. The lowest BCUT2D eigenvalue weighted by Gasteiger charge is -2.11. The highest BCUT2D eigenvalue weighted by Gasteiger charge is 2.10. The molecule has 1 unspecified atom stereocenters. The van der Waals surface area contributed by atoms with Crippen LogP contribution in [0.4, 0.5) is 6.01 Å². The standard InChI is InChI=1S/C14H18N2O3/c1-3-18-13(17)9-8-10(2)15-14-16-11-6-4-5-7-12(11)19-14/h4-7,10H,3,8-9H2,1-2H3,(H,15,16). The molecule has 2 rings (SSSR count). The quantitative estimate of drug-likeness (QED) is 0.811. The van der Waals surface area contributed by atoms with Crippen LogP contribution in [0.15, 0.2) is 28.7 Å². The number of ether oxygens (including phenoxy) is 1. The van der Waals surface area contributed by atoms with Gasteiger partial charge in [0, 0.05) is 12.5 Å². The molecule has 2 aromatic rings. The van der Waals surface area contributed by atoms with E-state index in [9.17, 15) is 4.79 Å². The summed E-state index contributed by atoms with van der Waals surface area (Å²) in [6.07, 6.45) is 1.07. The van der Waals surface area contributed by atoms with Crippen LogP contribution in [-0.4, -0.2) is 23.6 Å². The van der Waals surface area contributed by atoms with E-state index in [1.807, 2.05) is 31.2 Å². The number of oxazole rings is 1. The Labute approximate surface area is 112 Å². The maximum absolute atomic E-state index is 11.3. The van der Waals surface area contributed by atoms with Gasteiger partial charge in [0.2, 0.25) is 0 Å². The van der Waals surface area contributed by atoms with E-state index < -0.39 is 0 Å². The molecule has 0 spiro atoms.